The fourth-order valence-corrected chi connectivity index (χ4v) is 1.83. The maximum Gasteiger partial charge on any atom is 0.265 e. The van der Waals surface area contributed by atoms with E-state index in [1.165, 1.54) is 12.1 Å². The predicted octanol–water partition coefficient (Wildman–Crippen LogP) is 3.12. The molecule has 0 spiro atoms. The van der Waals surface area contributed by atoms with Crippen LogP contribution in [0, 0.1) is 12.7 Å². The summed E-state index contributed by atoms with van der Waals surface area (Å²) < 4.78 is 18.5. The fraction of sp³-hybridized carbons (Fsp3) is 0.188. The third kappa shape index (κ3) is 3.95. The van der Waals surface area contributed by atoms with Gasteiger partial charge in [-0.1, -0.05) is 12.1 Å². The number of rotatable bonds is 4. The summed E-state index contributed by atoms with van der Waals surface area (Å²) in [6.07, 6.45) is -0.698. The van der Waals surface area contributed by atoms with E-state index in [1.807, 2.05) is 25.1 Å². The molecule has 4 nitrogen and oxygen atoms in total. The zero-order chi connectivity index (χ0) is 15.4. The van der Waals surface area contributed by atoms with Crippen molar-refractivity contribution in [3.8, 4) is 5.75 Å². The average molecular weight is 288 g/mol. The van der Waals surface area contributed by atoms with E-state index in [4.69, 9.17) is 10.5 Å². The molecule has 0 aliphatic heterocycles. The SMILES string of the molecule is Cc1cccc(OC(C)C(=O)Nc2ccc(F)cc2N)c1. The number of benzene rings is 2. The second-order valence-electron chi connectivity index (χ2n) is 4.80. The number of anilines is 2. The van der Waals surface area contributed by atoms with E-state index in [1.54, 1.807) is 13.0 Å². The van der Waals surface area contributed by atoms with Crippen LogP contribution < -0.4 is 15.8 Å². The molecule has 2 rings (SSSR count). The molecule has 0 saturated carbocycles. The predicted molar refractivity (Wildman–Crippen MR) is 80.7 cm³/mol. The van der Waals surface area contributed by atoms with Gasteiger partial charge in [0, 0.05) is 0 Å². The van der Waals surface area contributed by atoms with Crippen LogP contribution in [0.1, 0.15) is 12.5 Å². The monoisotopic (exact) mass is 288 g/mol. The van der Waals surface area contributed by atoms with Gasteiger partial charge in [-0.15, -0.1) is 0 Å². The number of hydrogen-bond acceptors (Lipinski definition) is 3. The Hall–Kier alpha value is -2.56. The normalized spacial score (nSPS) is 11.8. The van der Waals surface area contributed by atoms with Crippen LogP contribution in [0.3, 0.4) is 0 Å². The standard InChI is InChI=1S/C16H17FN2O2/c1-10-4-3-5-13(8-10)21-11(2)16(20)19-15-7-6-12(17)9-14(15)18/h3-9,11H,18H2,1-2H3,(H,19,20). The van der Waals surface area contributed by atoms with E-state index in [2.05, 4.69) is 5.32 Å². The fourth-order valence-electron chi connectivity index (χ4n) is 1.83. The first-order chi connectivity index (χ1) is 9.95. The summed E-state index contributed by atoms with van der Waals surface area (Å²) in [6.45, 7) is 3.58. The average Bonchev–Trinajstić information content (AvgIpc) is 2.41. The molecule has 0 radical (unpaired) electrons. The zero-order valence-corrected chi connectivity index (χ0v) is 11.9. The summed E-state index contributed by atoms with van der Waals surface area (Å²) in [5, 5.41) is 2.62. The number of carbonyl (C=O) groups excluding carboxylic acids is 1. The van der Waals surface area contributed by atoms with Gasteiger partial charge < -0.3 is 15.8 Å². The maximum absolute atomic E-state index is 13.0. The summed E-state index contributed by atoms with van der Waals surface area (Å²) in [5.41, 5.74) is 7.23. The minimum absolute atomic E-state index is 0.172. The van der Waals surface area contributed by atoms with Gasteiger partial charge in [0.2, 0.25) is 0 Å². The Morgan fingerprint density at radius 2 is 2.05 bits per heavy atom. The third-order valence-electron chi connectivity index (χ3n) is 2.94. The van der Waals surface area contributed by atoms with Gasteiger partial charge in [-0.25, -0.2) is 4.39 Å². The molecule has 0 saturated heterocycles. The van der Waals surface area contributed by atoms with E-state index in [9.17, 15) is 9.18 Å². The molecule has 2 aromatic rings. The number of hydrogen-bond donors (Lipinski definition) is 2. The van der Waals surface area contributed by atoms with Crippen molar-refractivity contribution in [2.24, 2.45) is 0 Å². The van der Waals surface area contributed by atoms with E-state index in [0.29, 0.717) is 11.4 Å². The lowest BCUT2D eigenvalue weighted by atomic mass is 10.2. The second-order valence-corrected chi connectivity index (χ2v) is 4.80. The highest BCUT2D eigenvalue weighted by atomic mass is 19.1. The van der Waals surface area contributed by atoms with Crippen molar-refractivity contribution in [3.05, 3.63) is 53.8 Å². The van der Waals surface area contributed by atoms with E-state index in [0.717, 1.165) is 11.6 Å². The lowest BCUT2D eigenvalue weighted by Gasteiger charge is -2.16. The van der Waals surface area contributed by atoms with Gasteiger partial charge in [-0.3, -0.25) is 4.79 Å². The summed E-state index contributed by atoms with van der Waals surface area (Å²) >= 11 is 0. The van der Waals surface area contributed by atoms with E-state index in [-0.39, 0.29) is 11.6 Å². The highest BCUT2D eigenvalue weighted by molar-refractivity contribution is 5.96. The summed E-state index contributed by atoms with van der Waals surface area (Å²) in [5.74, 6) is -0.186. The molecule has 0 aliphatic rings. The molecule has 2 aromatic carbocycles. The molecule has 5 heteroatoms. The number of halogens is 1. The van der Waals surface area contributed by atoms with Gasteiger partial charge in [0.15, 0.2) is 6.10 Å². The molecule has 0 heterocycles. The molecular formula is C16H17FN2O2. The highest BCUT2D eigenvalue weighted by Crippen LogP contribution is 2.20. The Labute approximate surface area is 122 Å². The summed E-state index contributed by atoms with van der Waals surface area (Å²) in [6, 6.07) is 11.2. The Bertz CT molecular complexity index is 658. The van der Waals surface area contributed by atoms with Crippen molar-refractivity contribution in [2.75, 3.05) is 11.1 Å². The molecule has 0 fully saturated rings. The van der Waals surface area contributed by atoms with Gasteiger partial charge in [0.1, 0.15) is 11.6 Å². The van der Waals surface area contributed by atoms with Gasteiger partial charge in [0.25, 0.3) is 5.91 Å². The second kappa shape index (κ2) is 6.26. The molecule has 3 N–H and O–H groups in total. The minimum atomic E-state index is -0.698. The van der Waals surface area contributed by atoms with Crippen LogP contribution in [-0.4, -0.2) is 12.0 Å². The third-order valence-corrected chi connectivity index (χ3v) is 2.94. The topological polar surface area (TPSA) is 64.3 Å². The van der Waals surface area contributed by atoms with E-state index >= 15 is 0 Å². The lowest BCUT2D eigenvalue weighted by molar-refractivity contribution is -0.122. The molecule has 1 atom stereocenters. The Balaban J connectivity index is 2.02. The van der Waals surface area contributed by atoms with Gasteiger partial charge in [-0.2, -0.15) is 0 Å². The molecule has 110 valence electrons. The van der Waals surface area contributed by atoms with Crippen LogP contribution >= 0.6 is 0 Å². The number of nitrogens with one attached hydrogen (secondary N) is 1. The Kier molecular flexibility index (Phi) is 4.42. The number of nitrogens with two attached hydrogens (primary N) is 1. The number of ether oxygens (including phenoxy) is 1. The van der Waals surface area contributed by atoms with Crippen molar-refractivity contribution in [3.63, 3.8) is 0 Å². The van der Waals surface area contributed by atoms with Crippen molar-refractivity contribution in [1.29, 1.82) is 0 Å². The van der Waals surface area contributed by atoms with Gasteiger partial charge in [0.05, 0.1) is 11.4 Å². The van der Waals surface area contributed by atoms with Crippen molar-refractivity contribution < 1.29 is 13.9 Å². The molecule has 1 unspecified atom stereocenters. The molecule has 21 heavy (non-hydrogen) atoms. The van der Waals surface area contributed by atoms with Crippen LogP contribution in [0.5, 0.6) is 5.75 Å². The summed E-state index contributed by atoms with van der Waals surface area (Å²) in [4.78, 5) is 12.1. The van der Waals surface area contributed by atoms with E-state index < -0.39 is 11.9 Å². The molecule has 1 amide bonds. The number of amides is 1. The Morgan fingerprint density at radius 3 is 2.71 bits per heavy atom. The summed E-state index contributed by atoms with van der Waals surface area (Å²) in [7, 11) is 0. The maximum atomic E-state index is 13.0. The van der Waals surface area contributed by atoms with Crippen LogP contribution in [0.2, 0.25) is 0 Å². The van der Waals surface area contributed by atoms with Crippen molar-refractivity contribution in [2.45, 2.75) is 20.0 Å². The first-order valence-electron chi connectivity index (χ1n) is 6.55. The lowest BCUT2D eigenvalue weighted by Crippen LogP contribution is -2.30. The number of carbonyl (C=O) groups is 1. The van der Waals surface area contributed by atoms with Crippen molar-refractivity contribution in [1.82, 2.24) is 0 Å². The highest BCUT2D eigenvalue weighted by Gasteiger charge is 2.16. The van der Waals surface area contributed by atoms with Crippen LogP contribution in [0.25, 0.3) is 0 Å². The molecule has 0 aliphatic carbocycles. The Morgan fingerprint density at radius 1 is 1.29 bits per heavy atom. The van der Waals surface area contributed by atoms with Crippen LogP contribution in [0.4, 0.5) is 15.8 Å². The molecule has 0 aromatic heterocycles. The largest absolute Gasteiger partial charge is 0.481 e. The zero-order valence-electron chi connectivity index (χ0n) is 11.9. The molecular weight excluding hydrogens is 271 g/mol. The smallest absolute Gasteiger partial charge is 0.265 e. The molecule has 0 bridgehead atoms. The van der Waals surface area contributed by atoms with Crippen LogP contribution in [0.15, 0.2) is 42.5 Å². The number of nitrogen functional groups attached to an aromatic ring is 1. The van der Waals surface area contributed by atoms with Gasteiger partial charge in [-0.05, 0) is 49.7 Å². The van der Waals surface area contributed by atoms with Crippen LogP contribution in [-0.2, 0) is 4.79 Å². The first-order valence-corrected chi connectivity index (χ1v) is 6.55. The van der Waals surface area contributed by atoms with Crippen molar-refractivity contribution >= 4 is 17.3 Å². The first kappa shape index (κ1) is 14.8. The minimum Gasteiger partial charge on any atom is -0.481 e. The number of aryl methyl sites for hydroxylation is 1. The quantitative estimate of drug-likeness (QED) is 0.850. The van der Waals surface area contributed by atoms with Gasteiger partial charge >= 0.3 is 0 Å².